The molecule has 4 rings (SSSR count). The Hall–Kier alpha value is -2.87. The van der Waals surface area contributed by atoms with Crippen LogP contribution in [0.15, 0.2) is 41.6 Å². The van der Waals surface area contributed by atoms with E-state index in [0.717, 1.165) is 24.2 Å². The third-order valence-electron chi connectivity index (χ3n) is 6.58. The number of ketones is 1. The molecule has 0 saturated carbocycles. The van der Waals surface area contributed by atoms with Gasteiger partial charge >= 0.3 is 6.09 Å². The molecule has 1 saturated heterocycles. The summed E-state index contributed by atoms with van der Waals surface area (Å²) in [5.74, 6) is 0.0832. The van der Waals surface area contributed by atoms with Gasteiger partial charge in [0.2, 0.25) is 5.91 Å². The van der Waals surface area contributed by atoms with E-state index < -0.39 is 17.7 Å². The fourth-order valence-corrected chi connectivity index (χ4v) is 5.14. The number of rotatable bonds is 6. The molecule has 8 heteroatoms. The number of carbonyl (C=O) groups excluding carboxylic acids is 3. The minimum Gasteiger partial charge on any atom is -0.444 e. The van der Waals surface area contributed by atoms with Crippen LogP contribution in [0.5, 0.6) is 0 Å². The van der Waals surface area contributed by atoms with Gasteiger partial charge in [-0.05, 0) is 39.7 Å². The third kappa shape index (κ3) is 5.05. The lowest BCUT2D eigenvalue weighted by Crippen LogP contribution is -2.53. The van der Waals surface area contributed by atoms with Crippen molar-refractivity contribution in [3.8, 4) is 0 Å². The van der Waals surface area contributed by atoms with Crippen LogP contribution in [0.25, 0.3) is 0 Å². The van der Waals surface area contributed by atoms with E-state index >= 15 is 0 Å². The van der Waals surface area contributed by atoms with E-state index in [4.69, 9.17) is 4.74 Å². The molecule has 0 radical (unpaired) electrons. The zero-order chi connectivity index (χ0) is 23.8. The second-order valence-electron chi connectivity index (χ2n) is 10.1. The number of benzene rings is 1. The first kappa shape index (κ1) is 23.3. The predicted molar refractivity (Wildman–Crippen MR) is 124 cm³/mol. The normalized spacial score (nSPS) is 25.3. The van der Waals surface area contributed by atoms with Gasteiger partial charge in [-0.25, -0.2) is 4.79 Å². The van der Waals surface area contributed by atoms with Gasteiger partial charge in [-0.1, -0.05) is 30.3 Å². The molecule has 3 N–H and O–H groups in total. The number of carbonyl (C=O) groups is 3. The first-order chi connectivity index (χ1) is 15.6. The van der Waals surface area contributed by atoms with Crippen LogP contribution in [0.2, 0.25) is 0 Å². The number of hydrogen-bond acceptors (Lipinski definition) is 6. The number of likely N-dealkylation sites (tertiary alicyclic amines) is 1. The van der Waals surface area contributed by atoms with E-state index in [0.29, 0.717) is 0 Å². The molecule has 1 aromatic carbocycles. The van der Waals surface area contributed by atoms with E-state index in [1.54, 1.807) is 20.8 Å². The summed E-state index contributed by atoms with van der Waals surface area (Å²) >= 11 is 0. The fraction of sp³-hybridized carbons (Fsp3) is 0.560. The van der Waals surface area contributed by atoms with Gasteiger partial charge in [0, 0.05) is 49.3 Å². The molecule has 8 nitrogen and oxygen atoms in total. The van der Waals surface area contributed by atoms with Crippen LogP contribution in [0.3, 0.4) is 0 Å². The standard InChI is InChI=1S/C25H34N4O4/c1-15(16-8-6-5-7-9-16)29-14-17-12-19(29)22-21(17)20(30)13-18(28-22)23(31)26-10-11-27-24(32)33-25(2,3)4/h5-9,15,17-19,28H,10-14H2,1-4H3,(H,26,31)(H,27,32)/t15-,17+,18-,19+/m1/s1. The van der Waals surface area contributed by atoms with Gasteiger partial charge < -0.3 is 20.7 Å². The van der Waals surface area contributed by atoms with Crippen molar-refractivity contribution in [1.82, 2.24) is 20.9 Å². The van der Waals surface area contributed by atoms with Crippen molar-refractivity contribution in [3.05, 3.63) is 47.2 Å². The largest absolute Gasteiger partial charge is 0.444 e. The van der Waals surface area contributed by atoms with Crippen molar-refractivity contribution in [2.45, 2.75) is 64.3 Å². The Bertz CT molecular complexity index is 953. The molecule has 2 aliphatic heterocycles. The Balaban J connectivity index is 1.33. The molecule has 2 bridgehead atoms. The van der Waals surface area contributed by atoms with Crippen LogP contribution in [0.1, 0.15) is 52.1 Å². The Labute approximate surface area is 195 Å². The van der Waals surface area contributed by atoms with Crippen LogP contribution in [-0.4, -0.2) is 60.0 Å². The van der Waals surface area contributed by atoms with Crippen LogP contribution >= 0.6 is 0 Å². The second-order valence-corrected chi connectivity index (χ2v) is 10.1. The first-order valence-corrected chi connectivity index (χ1v) is 11.7. The summed E-state index contributed by atoms with van der Waals surface area (Å²) in [7, 11) is 0. The van der Waals surface area contributed by atoms with E-state index in [9.17, 15) is 14.4 Å². The molecule has 0 aromatic heterocycles. The molecule has 33 heavy (non-hydrogen) atoms. The van der Waals surface area contributed by atoms with Gasteiger partial charge in [-0.2, -0.15) is 0 Å². The van der Waals surface area contributed by atoms with Gasteiger partial charge in [-0.15, -0.1) is 0 Å². The molecule has 1 aliphatic carbocycles. The number of hydrogen-bond donors (Lipinski definition) is 3. The molecule has 0 spiro atoms. The maximum atomic E-state index is 12.9. The van der Waals surface area contributed by atoms with Crippen molar-refractivity contribution in [1.29, 1.82) is 0 Å². The van der Waals surface area contributed by atoms with Crippen LogP contribution in [0.4, 0.5) is 4.79 Å². The molecular formula is C25H34N4O4. The average Bonchev–Trinajstić information content (AvgIpc) is 3.35. The Kier molecular flexibility index (Phi) is 6.47. The fourth-order valence-electron chi connectivity index (χ4n) is 5.14. The summed E-state index contributed by atoms with van der Waals surface area (Å²) in [6, 6.07) is 10.1. The maximum Gasteiger partial charge on any atom is 0.407 e. The number of Topliss-reactive ketones (excluding diaryl/α,β-unsaturated/α-hetero) is 1. The third-order valence-corrected chi connectivity index (χ3v) is 6.58. The van der Waals surface area contributed by atoms with E-state index in [1.165, 1.54) is 5.56 Å². The minimum absolute atomic E-state index is 0.0790. The zero-order valence-corrected chi connectivity index (χ0v) is 19.8. The molecule has 2 heterocycles. The number of amides is 2. The molecule has 2 amide bonds. The smallest absolute Gasteiger partial charge is 0.407 e. The lowest BCUT2D eigenvalue weighted by molar-refractivity contribution is -0.127. The molecule has 3 aliphatic rings. The predicted octanol–water partition coefficient (Wildman–Crippen LogP) is 2.28. The Morgan fingerprint density at radius 1 is 1.18 bits per heavy atom. The average molecular weight is 455 g/mol. The zero-order valence-electron chi connectivity index (χ0n) is 19.8. The van der Waals surface area contributed by atoms with Crippen molar-refractivity contribution in [2.75, 3.05) is 19.6 Å². The van der Waals surface area contributed by atoms with Crippen molar-refractivity contribution < 1.29 is 19.1 Å². The Morgan fingerprint density at radius 3 is 2.58 bits per heavy atom. The number of fused-ring (bicyclic) bond motifs is 4. The summed E-state index contributed by atoms with van der Waals surface area (Å²) in [5.41, 5.74) is 2.50. The highest BCUT2D eigenvalue weighted by Gasteiger charge is 2.51. The quantitative estimate of drug-likeness (QED) is 0.571. The van der Waals surface area contributed by atoms with Gasteiger partial charge in [0.05, 0.1) is 6.04 Å². The van der Waals surface area contributed by atoms with Gasteiger partial charge in [-0.3, -0.25) is 14.5 Å². The first-order valence-electron chi connectivity index (χ1n) is 11.7. The topological polar surface area (TPSA) is 99.8 Å². The van der Waals surface area contributed by atoms with Crippen LogP contribution < -0.4 is 16.0 Å². The van der Waals surface area contributed by atoms with Crippen molar-refractivity contribution >= 4 is 17.8 Å². The highest BCUT2D eigenvalue weighted by atomic mass is 16.6. The van der Waals surface area contributed by atoms with Crippen LogP contribution in [-0.2, 0) is 14.3 Å². The summed E-state index contributed by atoms with van der Waals surface area (Å²) < 4.78 is 5.18. The molecular weight excluding hydrogens is 420 g/mol. The second kappa shape index (κ2) is 9.17. The lowest BCUT2D eigenvalue weighted by Gasteiger charge is -2.38. The number of nitrogens with zero attached hydrogens (tertiary/aromatic N) is 1. The van der Waals surface area contributed by atoms with Crippen LogP contribution in [0, 0.1) is 5.92 Å². The summed E-state index contributed by atoms with van der Waals surface area (Å²) in [6.45, 7) is 8.96. The number of nitrogens with one attached hydrogen (secondary N) is 3. The monoisotopic (exact) mass is 454 g/mol. The van der Waals surface area contributed by atoms with E-state index in [-0.39, 0.29) is 49.2 Å². The molecule has 4 atom stereocenters. The highest BCUT2D eigenvalue weighted by molar-refractivity contribution is 6.02. The molecule has 178 valence electrons. The number of ether oxygens (including phenoxy) is 1. The van der Waals surface area contributed by atoms with Crippen molar-refractivity contribution in [3.63, 3.8) is 0 Å². The lowest BCUT2D eigenvalue weighted by atomic mass is 9.89. The van der Waals surface area contributed by atoms with Gasteiger partial charge in [0.15, 0.2) is 5.78 Å². The number of alkyl carbamates (subject to hydrolysis) is 1. The molecule has 1 fully saturated rings. The maximum absolute atomic E-state index is 12.9. The van der Waals surface area contributed by atoms with E-state index in [1.807, 2.05) is 18.2 Å². The summed E-state index contributed by atoms with van der Waals surface area (Å²) in [4.78, 5) is 39.8. The molecule has 1 aromatic rings. The summed E-state index contributed by atoms with van der Waals surface area (Å²) in [6.07, 6.45) is 0.572. The van der Waals surface area contributed by atoms with Gasteiger partial charge in [0.25, 0.3) is 0 Å². The molecule has 0 unspecified atom stereocenters. The SMILES string of the molecule is C[C@H](c1ccccc1)N1C[C@@H]2C[C@H]1C1=C2C(=O)C[C@H](C(=O)NCCNC(=O)OC(C)(C)C)N1. The van der Waals surface area contributed by atoms with Crippen molar-refractivity contribution in [2.24, 2.45) is 5.92 Å². The van der Waals surface area contributed by atoms with Gasteiger partial charge in [0.1, 0.15) is 11.6 Å². The summed E-state index contributed by atoms with van der Waals surface area (Å²) in [5, 5.41) is 8.82. The highest BCUT2D eigenvalue weighted by Crippen LogP contribution is 2.46. The Morgan fingerprint density at radius 2 is 1.88 bits per heavy atom. The van der Waals surface area contributed by atoms with E-state index in [2.05, 4.69) is 39.9 Å². The minimum atomic E-state index is -0.592.